The molecule has 1 aromatic rings. The quantitative estimate of drug-likeness (QED) is 0.825. The number of halogens is 1. The van der Waals surface area contributed by atoms with Crippen LogP contribution in [0.1, 0.15) is 19.8 Å². The van der Waals surface area contributed by atoms with Gasteiger partial charge in [-0.25, -0.2) is 0 Å². The average molecular weight is 345 g/mol. The summed E-state index contributed by atoms with van der Waals surface area (Å²) in [6, 6.07) is 6.88. The fourth-order valence-electron chi connectivity index (χ4n) is 1.68. The van der Waals surface area contributed by atoms with E-state index in [1.54, 1.807) is 45.3 Å². The van der Waals surface area contributed by atoms with Gasteiger partial charge in [0.2, 0.25) is 11.8 Å². The van der Waals surface area contributed by atoms with Crippen molar-refractivity contribution in [1.29, 1.82) is 0 Å². The van der Waals surface area contributed by atoms with E-state index in [0.717, 1.165) is 0 Å². The molecular formula is C15H21ClN2O3S. The van der Waals surface area contributed by atoms with Crippen LogP contribution in [0.3, 0.4) is 0 Å². The van der Waals surface area contributed by atoms with Crippen LogP contribution in [0, 0.1) is 0 Å². The van der Waals surface area contributed by atoms with Crippen molar-refractivity contribution in [1.82, 2.24) is 4.90 Å². The molecule has 0 aliphatic heterocycles. The minimum atomic E-state index is -1.33. The number of nitrogens with one attached hydrogen (secondary N) is 1. The molecule has 1 rings (SSSR count). The Balaban J connectivity index is 2.47. The van der Waals surface area contributed by atoms with Crippen LogP contribution in [0.15, 0.2) is 24.3 Å². The van der Waals surface area contributed by atoms with Crippen LogP contribution in [-0.4, -0.2) is 46.0 Å². The highest BCUT2D eigenvalue weighted by atomic mass is 35.5. The van der Waals surface area contributed by atoms with E-state index in [0.29, 0.717) is 29.3 Å². The summed E-state index contributed by atoms with van der Waals surface area (Å²) in [5.41, 5.74) is 0.501. The molecule has 0 spiro atoms. The van der Waals surface area contributed by atoms with Gasteiger partial charge in [-0.2, -0.15) is 0 Å². The molecule has 0 heterocycles. The summed E-state index contributed by atoms with van der Waals surface area (Å²) < 4.78 is 12.1. The second kappa shape index (κ2) is 8.90. The third kappa shape index (κ3) is 5.77. The molecule has 2 atom stereocenters. The molecule has 0 fully saturated rings. The zero-order valence-electron chi connectivity index (χ0n) is 13.0. The number of carbonyl (C=O) groups is 2. The monoisotopic (exact) mass is 344 g/mol. The van der Waals surface area contributed by atoms with Crippen LogP contribution in [0.5, 0.6) is 0 Å². The van der Waals surface area contributed by atoms with Crippen molar-refractivity contribution in [3.8, 4) is 0 Å². The number of nitrogens with zero attached hydrogens (tertiary/aromatic N) is 1. The van der Waals surface area contributed by atoms with Gasteiger partial charge in [0, 0.05) is 37.1 Å². The smallest absolute Gasteiger partial charge is 0.239 e. The van der Waals surface area contributed by atoms with Gasteiger partial charge in [-0.05, 0) is 25.5 Å². The van der Waals surface area contributed by atoms with Crippen molar-refractivity contribution in [3.05, 3.63) is 29.3 Å². The summed E-state index contributed by atoms with van der Waals surface area (Å²) in [5, 5.41) is 2.44. The van der Waals surface area contributed by atoms with E-state index in [2.05, 4.69) is 5.32 Å². The van der Waals surface area contributed by atoms with Crippen molar-refractivity contribution < 1.29 is 13.8 Å². The van der Waals surface area contributed by atoms with Gasteiger partial charge in [-0.3, -0.25) is 13.8 Å². The standard InChI is InChI=1S/C15H21ClN2O3S/c1-11(22(21)10-6-9-14(19)18(2)3)15(20)17-13-8-5-4-7-12(13)16/h4-5,7-8,11H,6,9-10H2,1-3H3,(H,17,20)/t11-,22-/m0/s1. The second-order valence-corrected chi connectivity index (χ2v) is 7.37. The van der Waals surface area contributed by atoms with E-state index < -0.39 is 16.0 Å². The Morgan fingerprint density at radius 3 is 2.55 bits per heavy atom. The molecule has 0 radical (unpaired) electrons. The highest BCUT2D eigenvalue weighted by Crippen LogP contribution is 2.20. The molecule has 1 N–H and O–H groups in total. The van der Waals surface area contributed by atoms with E-state index in [9.17, 15) is 13.8 Å². The molecule has 0 aliphatic carbocycles. The third-order valence-electron chi connectivity index (χ3n) is 3.13. The predicted molar refractivity (Wildman–Crippen MR) is 90.5 cm³/mol. The first kappa shape index (κ1) is 18.6. The summed E-state index contributed by atoms with van der Waals surface area (Å²) in [6.45, 7) is 1.61. The molecule has 0 saturated carbocycles. The highest BCUT2D eigenvalue weighted by molar-refractivity contribution is 7.86. The molecule has 1 aromatic carbocycles. The maximum Gasteiger partial charge on any atom is 0.239 e. The average Bonchev–Trinajstić information content (AvgIpc) is 2.48. The normalized spacial score (nSPS) is 13.3. The first-order valence-corrected chi connectivity index (χ1v) is 8.71. The number of benzene rings is 1. The van der Waals surface area contributed by atoms with Crippen molar-refractivity contribution >= 4 is 39.9 Å². The van der Waals surface area contributed by atoms with Gasteiger partial charge in [0.15, 0.2) is 0 Å². The molecule has 0 aliphatic rings. The van der Waals surface area contributed by atoms with Crippen LogP contribution < -0.4 is 5.32 Å². The first-order valence-electron chi connectivity index (χ1n) is 6.95. The number of amides is 2. The Bertz CT molecular complexity index is 563. The van der Waals surface area contributed by atoms with Crippen molar-refractivity contribution in [2.45, 2.75) is 25.0 Å². The largest absolute Gasteiger partial charge is 0.349 e. The predicted octanol–water partition coefficient (Wildman–Crippen LogP) is 2.28. The van der Waals surface area contributed by atoms with Gasteiger partial charge in [0.25, 0.3) is 0 Å². The lowest BCUT2D eigenvalue weighted by Gasteiger charge is -2.13. The Hall–Kier alpha value is -1.40. The number of hydrogen-bond donors (Lipinski definition) is 1. The van der Waals surface area contributed by atoms with Gasteiger partial charge in [-0.15, -0.1) is 0 Å². The summed E-state index contributed by atoms with van der Waals surface area (Å²) in [5.74, 6) is -0.0352. The van der Waals surface area contributed by atoms with E-state index in [4.69, 9.17) is 11.6 Å². The molecule has 0 bridgehead atoms. The molecule has 0 saturated heterocycles. The van der Waals surface area contributed by atoms with Gasteiger partial charge >= 0.3 is 0 Å². The van der Waals surface area contributed by atoms with E-state index in [1.807, 2.05) is 0 Å². The maximum atomic E-state index is 12.1. The van der Waals surface area contributed by atoms with Gasteiger partial charge in [0.1, 0.15) is 5.25 Å². The number of carbonyl (C=O) groups excluding carboxylic acids is 2. The Labute approximate surface area is 138 Å². The van der Waals surface area contributed by atoms with E-state index >= 15 is 0 Å². The van der Waals surface area contributed by atoms with E-state index in [-0.39, 0.29) is 11.8 Å². The molecule has 0 aromatic heterocycles. The lowest BCUT2D eigenvalue weighted by atomic mass is 10.3. The molecule has 2 amide bonds. The zero-order valence-corrected chi connectivity index (χ0v) is 14.5. The third-order valence-corrected chi connectivity index (χ3v) is 5.15. The number of rotatable bonds is 7. The number of anilines is 1. The van der Waals surface area contributed by atoms with Crippen LogP contribution in [0.25, 0.3) is 0 Å². The number of hydrogen-bond acceptors (Lipinski definition) is 3. The van der Waals surface area contributed by atoms with Crippen LogP contribution in [0.4, 0.5) is 5.69 Å². The minimum absolute atomic E-state index is 0.00910. The Morgan fingerprint density at radius 2 is 1.95 bits per heavy atom. The lowest BCUT2D eigenvalue weighted by molar-refractivity contribution is -0.128. The molecule has 5 nitrogen and oxygen atoms in total. The molecule has 22 heavy (non-hydrogen) atoms. The van der Waals surface area contributed by atoms with Crippen LogP contribution in [-0.2, 0) is 20.4 Å². The molecular weight excluding hydrogens is 324 g/mol. The fraction of sp³-hybridized carbons (Fsp3) is 0.467. The molecule has 122 valence electrons. The lowest BCUT2D eigenvalue weighted by Crippen LogP contribution is -2.30. The van der Waals surface area contributed by atoms with Crippen LogP contribution in [0.2, 0.25) is 5.02 Å². The second-order valence-electron chi connectivity index (χ2n) is 5.09. The SMILES string of the molecule is C[C@@H](C(=O)Nc1ccccc1Cl)[S@@](=O)CCCC(=O)N(C)C. The fourth-order valence-corrected chi connectivity index (χ4v) is 2.95. The van der Waals surface area contributed by atoms with Crippen molar-refractivity contribution in [2.24, 2.45) is 0 Å². The van der Waals surface area contributed by atoms with E-state index in [1.165, 1.54) is 4.90 Å². The molecule has 7 heteroatoms. The summed E-state index contributed by atoms with van der Waals surface area (Å²) in [7, 11) is 2.03. The Kier molecular flexibility index (Phi) is 7.55. The Morgan fingerprint density at radius 1 is 1.32 bits per heavy atom. The van der Waals surface area contributed by atoms with Gasteiger partial charge in [-0.1, -0.05) is 23.7 Å². The highest BCUT2D eigenvalue weighted by Gasteiger charge is 2.20. The summed E-state index contributed by atoms with van der Waals surface area (Å²) in [4.78, 5) is 25.0. The van der Waals surface area contributed by atoms with Gasteiger partial charge in [0.05, 0.1) is 10.7 Å². The summed E-state index contributed by atoms with van der Waals surface area (Å²) >= 11 is 5.97. The van der Waals surface area contributed by atoms with Crippen molar-refractivity contribution in [2.75, 3.05) is 25.2 Å². The van der Waals surface area contributed by atoms with Crippen molar-refractivity contribution in [3.63, 3.8) is 0 Å². The van der Waals surface area contributed by atoms with Gasteiger partial charge < -0.3 is 10.2 Å². The zero-order chi connectivity index (χ0) is 16.7. The maximum absolute atomic E-state index is 12.1. The first-order chi connectivity index (χ1) is 10.3. The topological polar surface area (TPSA) is 66.5 Å². The summed E-state index contributed by atoms with van der Waals surface area (Å²) in [6.07, 6.45) is 0.824. The number of para-hydroxylation sites is 1. The van der Waals surface area contributed by atoms with Crippen LogP contribution >= 0.6 is 11.6 Å². The minimum Gasteiger partial charge on any atom is -0.349 e. The molecule has 0 unspecified atom stereocenters.